The highest BCUT2D eigenvalue weighted by Gasteiger charge is 2.31. The van der Waals surface area contributed by atoms with Crippen molar-refractivity contribution in [3.05, 3.63) is 47.5 Å². The second-order valence-corrected chi connectivity index (χ2v) is 4.70. The summed E-state index contributed by atoms with van der Waals surface area (Å²) in [6, 6.07) is 8.94. The highest BCUT2D eigenvalue weighted by Crippen LogP contribution is 2.45. The van der Waals surface area contributed by atoms with Gasteiger partial charge in [-0.25, -0.2) is 0 Å². The SMILES string of the molecule is O=C1C[C@@H](c2ccc(O)cc2)c2c(O)cc(O)cc2O1. The molecular formula is C15H12O5. The van der Waals surface area contributed by atoms with Crippen LogP contribution in [-0.2, 0) is 4.79 Å². The molecule has 1 atom stereocenters. The van der Waals surface area contributed by atoms with Gasteiger partial charge in [-0.05, 0) is 17.7 Å². The Hall–Kier alpha value is -2.69. The maximum absolute atomic E-state index is 11.7. The van der Waals surface area contributed by atoms with E-state index >= 15 is 0 Å². The summed E-state index contributed by atoms with van der Waals surface area (Å²) < 4.78 is 5.06. The third kappa shape index (κ3) is 2.03. The Balaban J connectivity index is 2.14. The maximum atomic E-state index is 11.7. The monoisotopic (exact) mass is 272 g/mol. The predicted octanol–water partition coefficient (Wildman–Crippen LogP) is 2.24. The number of benzene rings is 2. The highest BCUT2D eigenvalue weighted by atomic mass is 16.5. The molecule has 3 rings (SSSR count). The Morgan fingerprint density at radius 1 is 1.00 bits per heavy atom. The first-order valence-corrected chi connectivity index (χ1v) is 6.10. The smallest absolute Gasteiger partial charge is 0.312 e. The molecular weight excluding hydrogens is 260 g/mol. The molecule has 0 spiro atoms. The Bertz CT molecular complexity index is 675. The quantitative estimate of drug-likeness (QED) is 0.547. The number of phenols is 3. The largest absolute Gasteiger partial charge is 0.508 e. The van der Waals surface area contributed by atoms with E-state index < -0.39 is 5.97 Å². The predicted molar refractivity (Wildman–Crippen MR) is 70.0 cm³/mol. The molecule has 1 aliphatic rings. The number of fused-ring (bicyclic) bond motifs is 1. The summed E-state index contributed by atoms with van der Waals surface area (Å²) in [4.78, 5) is 11.7. The lowest BCUT2D eigenvalue weighted by Gasteiger charge is -2.25. The molecule has 2 aromatic carbocycles. The van der Waals surface area contributed by atoms with Crippen molar-refractivity contribution >= 4 is 5.97 Å². The average molecular weight is 272 g/mol. The van der Waals surface area contributed by atoms with Gasteiger partial charge in [-0.1, -0.05) is 12.1 Å². The minimum absolute atomic E-state index is 0.0934. The molecule has 0 saturated heterocycles. The van der Waals surface area contributed by atoms with Gasteiger partial charge in [0.2, 0.25) is 0 Å². The Kier molecular flexibility index (Phi) is 2.75. The third-order valence-corrected chi connectivity index (χ3v) is 3.34. The van der Waals surface area contributed by atoms with E-state index in [1.165, 1.54) is 24.3 Å². The fourth-order valence-electron chi connectivity index (χ4n) is 2.46. The van der Waals surface area contributed by atoms with E-state index in [9.17, 15) is 20.1 Å². The number of rotatable bonds is 1. The molecule has 0 radical (unpaired) electrons. The van der Waals surface area contributed by atoms with E-state index in [1.54, 1.807) is 12.1 Å². The van der Waals surface area contributed by atoms with Gasteiger partial charge >= 0.3 is 5.97 Å². The van der Waals surface area contributed by atoms with Gasteiger partial charge < -0.3 is 20.1 Å². The van der Waals surface area contributed by atoms with Crippen molar-refractivity contribution in [3.63, 3.8) is 0 Å². The van der Waals surface area contributed by atoms with Crippen LogP contribution in [0.3, 0.4) is 0 Å². The minimum Gasteiger partial charge on any atom is -0.508 e. The lowest BCUT2D eigenvalue weighted by Crippen LogP contribution is -2.21. The molecule has 3 N–H and O–H groups in total. The highest BCUT2D eigenvalue weighted by molar-refractivity contribution is 5.79. The normalized spacial score (nSPS) is 17.4. The zero-order valence-electron chi connectivity index (χ0n) is 10.4. The Labute approximate surface area is 114 Å². The van der Waals surface area contributed by atoms with Gasteiger partial charge in [0.1, 0.15) is 23.0 Å². The maximum Gasteiger partial charge on any atom is 0.312 e. The molecule has 0 aliphatic carbocycles. The van der Waals surface area contributed by atoms with Gasteiger partial charge in [0, 0.05) is 23.6 Å². The third-order valence-electron chi connectivity index (χ3n) is 3.34. The van der Waals surface area contributed by atoms with Crippen LogP contribution in [0.1, 0.15) is 23.5 Å². The summed E-state index contributed by atoms with van der Waals surface area (Å²) in [5, 5.41) is 28.8. The molecule has 5 heteroatoms. The zero-order valence-corrected chi connectivity index (χ0v) is 10.4. The Morgan fingerprint density at radius 3 is 2.40 bits per heavy atom. The van der Waals surface area contributed by atoms with Gasteiger partial charge in [0.05, 0.1) is 6.42 Å². The van der Waals surface area contributed by atoms with Crippen molar-refractivity contribution < 1.29 is 24.9 Å². The number of esters is 1. The van der Waals surface area contributed by atoms with Crippen molar-refractivity contribution in [1.29, 1.82) is 0 Å². The molecule has 2 aromatic rings. The number of hydrogen-bond donors (Lipinski definition) is 3. The summed E-state index contributed by atoms with van der Waals surface area (Å²) in [5.74, 6) is -0.793. The first-order valence-electron chi connectivity index (χ1n) is 6.10. The van der Waals surface area contributed by atoms with Gasteiger partial charge in [0.15, 0.2) is 0 Å². The van der Waals surface area contributed by atoms with Crippen molar-refractivity contribution in [1.82, 2.24) is 0 Å². The summed E-state index contributed by atoms with van der Waals surface area (Å²) in [5.41, 5.74) is 1.25. The van der Waals surface area contributed by atoms with Crippen molar-refractivity contribution in [3.8, 4) is 23.0 Å². The van der Waals surface area contributed by atoms with E-state index in [1.807, 2.05) is 0 Å². The molecule has 0 unspecified atom stereocenters. The number of carbonyl (C=O) groups is 1. The molecule has 20 heavy (non-hydrogen) atoms. The number of phenolic OH excluding ortho intramolecular Hbond substituents is 3. The van der Waals surface area contributed by atoms with Crippen LogP contribution in [0, 0.1) is 0 Å². The van der Waals surface area contributed by atoms with Crippen LogP contribution >= 0.6 is 0 Å². The van der Waals surface area contributed by atoms with Crippen molar-refractivity contribution in [2.24, 2.45) is 0 Å². The molecule has 0 aromatic heterocycles. The molecule has 102 valence electrons. The summed E-state index contributed by atoms with van der Waals surface area (Å²) >= 11 is 0. The van der Waals surface area contributed by atoms with Crippen LogP contribution in [0.25, 0.3) is 0 Å². The lowest BCUT2D eigenvalue weighted by molar-refractivity contribution is -0.135. The van der Waals surface area contributed by atoms with E-state index in [0.717, 1.165) is 5.56 Å². The van der Waals surface area contributed by atoms with Crippen LogP contribution in [0.15, 0.2) is 36.4 Å². The minimum atomic E-state index is -0.430. The molecule has 0 fully saturated rings. The second-order valence-electron chi connectivity index (χ2n) is 4.70. The van der Waals surface area contributed by atoms with Gasteiger partial charge in [0.25, 0.3) is 0 Å². The van der Waals surface area contributed by atoms with Crippen LogP contribution in [0.4, 0.5) is 0 Å². The van der Waals surface area contributed by atoms with Gasteiger partial charge in [-0.15, -0.1) is 0 Å². The van der Waals surface area contributed by atoms with E-state index in [4.69, 9.17) is 4.74 Å². The molecule has 1 heterocycles. The first-order chi connectivity index (χ1) is 9.54. The number of carbonyl (C=O) groups excluding carboxylic acids is 1. The lowest BCUT2D eigenvalue weighted by atomic mass is 9.85. The first kappa shape index (κ1) is 12.3. The van der Waals surface area contributed by atoms with Crippen LogP contribution in [-0.4, -0.2) is 21.3 Å². The molecule has 5 nitrogen and oxygen atoms in total. The van der Waals surface area contributed by atoms with Crippen LogP contribution < -0.4 is 4.74 Å². The zero-order chi connectivity index (χ0) is 14.3. The molecule has 0 amide bonds. The standard InChI is InChI=1S/C15H12O5/c16-9-3-1-8(2-4-9)11-7-14(19)20-13-6-10(17)5-12(18)15(11)13/h1-6,11,16-18H,7H2/t11-/m0/s1. The molecule has 1 aliphatic heterocycles. The topological polar surface area (TPSA) is 87.0 Å². The summed E-state index contributed by atoms with van der Waals surface area (Å²) in [6.07, 6.45) is 0.0934. The Morgan fingerprint density at radius 2 is 1.70 bits per heavy atom. The average Bonchev–Trinajstić information content (AvgIpc) is 2.37. The van der Waals surface area contributed by atoms with E-state index in [0.29, 0.717) is 5.56 Å². The van der Waals surface area contributed by atoms with E-state index in [-0.39, 0.29) is 35.3 Å². The fourth-order valence-corrected chi connectivity index (χ4v) is 2.46. The summed E-state index contributed by atoms with van der Waals surface area (Å²) in [7, 11) is 0. The van der Waals surface area contributed by atoms with Crippen LogP contribution in [0.5, 0.6) is 23.0 Å². The van der Waals surface area contributed by atoms with Crippen LogP contribution in [0.2, 0.25) is 0 Å². The van der Waals surface area contributed by atoms with Crippen molar-refractivity contribution in [2.45, 2.75) is 12.3 Å². The fraction of sp³-hybridized carbons (Fsp3) is 0.133. The summed E-state index contributed by atoms with van der Waals surface area (Å²) in [6.45, 7) is 0. The van der Waals surface area contributed by atoms with E-state index in [2.05, 4.69) is 0 Å². The molecule has 0 bridgehead atoms. The second kappa shape index (κ2) is 4.45. The van der Waals surface area contributed by atoms with Gasteiger partial charge in [-0.3, -0.25) is 4.79 Å². The van der Waals surface area contributed by atoms with Crippen molar-refractivity contribution in [2.75, 3.05) is 0 Å². The number of hydrogen-bond acceptors (Lipinski definition) is 5. The van der Waals surface area contributed by atoms with Gasteiger partial charge in [-0.2, -0.15) is 0 Å². The number of aromatic hydroxyl groups is 3. The number of ether oxygens (including phenoxy) is 1. The molecule has 0 saturated carbocycles.